The Labute approximate surface area is 157 Å². The summed E-state index contributed by atoms with van der Waals surface area (Å²) in [6, 6.07) is 4.48. The Hall–Kier alpha value is -2.92. The summed E-state index contributed by atoms with van der Waals surface area (Å²) >= 11 is 0. The topological polar surface area (TPSA) is 93.1 Å². The van der Waals surface area contributed by atoms with E-state index in [1.807, 2.05) is 37.7 Å². The largest absolute Gasteiger partial charge is 0.489 e. The Morgan fingerprint density at radius 1 is 1.33 bits per heavy atom. The number of rotatable bonds is 4. The Bertz CT molecular complexity index is 1010. The summed E-state index contributed by atoms with van der Waals surface area (Å²) < 4.78 is 9.70. The summed E-state index contributed by atoms with van der Waals surface area (Å²) in [6.45, 7) is 7.98. The molecule has 0 aliphatic carbocycles. The molecule has 1 aliphatic heterocycles. The van der Waals surface area contributed by atoms with Crippen LogP contribution in [-0.4, -0.2) is 43.8 Å². The van der Waals surface area contributed by atoms with E-state index in [0.29, 0.717) is 22.9 Å². The Morgan fingerprint density at radius 3 is 2.81 bits per heavy atom. The molecule has 3 aromatic heterocycles. The number of aromatic nitrogens is 5. The van der Waals surface area contributed by atoms with E-state index in [1.54, 1.807) is 10.7 Å². The third kappa shape index (κ3) is 3.15. The smallest absolute Gasteiger partial charge is 0.147 e. The molecule has 3 aromatic rings. The molecule has 27 heavy (non-hydrogen) atoms. The van der Waals surface area contributed by atoms with Crippen molar-refractivity contribution in [3.8, 4) is 23.1 Å². The van der Waals surface area contributed by atoms with Crippen LogP contribution < -0.4 is 10.1 Å². The molecule has 0 saturated carbocycles. The maximum absolute atomic E-state index is 9.37. The van der Waals surface area contributed by atoms with Gasteiger partial charge in [-0.15, -0.1) is 5.10 Å². The van der Waals surface area contributed by atoms with Gasteiger partial charge in [0.05, 0.1) is 24.0 Å². The minimum Gasteiger partial charge on any atom is -0.489 e. The molecule has 0 aromatic carbocycles. The zero-order chi connectivity index (χ0) is 19.0. The van der Waals surface area contributed by atoms with Gasteiger partial charge in [-0.3, -0.25) is 0 Å². The lowest BCUT2D eigenvalue weighted by molar-refractivity contribution is 0.244. The number of nitrogens with one attached hydrogen (secondary N) is 1. The normalized spacial score (nSPS) is 15.4. The van der Waals surface area contributed by atoms with Crippen LogP contribution in [-0.2, 0) is 0 Å². The first kappa shape index (κ1) is 17.5. The van der Waals surface area contributed by atoms with Gasteiger partial charge in [-0.25, -0.2) is 9.20 Å². The van der Waals surface area contributed by atoms with Crippen molar-refractivity contribution in [3.05, 3.63) is 29.7 Å². The van der Waals surface area contributed by atoms with Crippen molar-refractivity contribution in [3.63, 3.8) is 0 Å². The Morgan fingerprint density at radius 2 is 2.11 bits per heavy atom. The fourth-order valence-corrected chi connectivity index (χ4v) is 3.65. The van der Waals surface area contributed by atoms with Gasteiger partial charge in [0.1, 0.15) is 28.6 Å². The van der Waals surface area contributed by atoms with Crippen molar-refractivity contribution in [2.24, 2.45) is 0 Å². The summed E-state index contributed by atoms with van der Waals surface area (Å²) in [5.74, 6) is 0.632. The van der Waals surface area contributed by atoms with Gasteiger partial charge in [0.15, 0.2) is 0 Å². The summed E-state index contributed by atoms with van der Waals surface area (Å²) in [5.41, 5.74) is 3.90. The first-order chi connectivity index (χ1) is 13.1. The van der Waals surface area contributed by atoms with E-state index in [9.17, 15) is 5.26 Å². The molecule has 4 heterocycles. The molecule has 4 rings (SSSR count). The molecule has 140 valence electrons. The highest BCUT2D eigenvalue weighted by Gasteiger charge is 2.22. The SMILES string of the molecule is Cc1c(-c2cc(OC(C)C)c3c(C#N)cnn3c2)nnn1C1CCNCC1. The lowest BCUT2D eigenvalue weighted by Crippen LogP contribution is -2.30. The van der Waals surface area contributed by atoms with E-state index >= 15 is 0 Å². The number of hydrogen-bond donors (Lipinski definition) is 1. The molecule has 1 fully saturated rings. The minimum absolute atomic E-state index is 0.0167. The molecule has 0 amide bonds. The Balaban J connectivity index is 1.80. The molecule has 8 nitrogen and oxygen atoms in total. The molecular formula is C19H23N7O. The summed E-state index contributed by atoms with van der Waals surface area (Å²) in [5, 5.41) is 25.9. The van der Waals surface area contributed by atoms with Crippen LogP contribution in [0, 0.1) is 18.3 Å². The van der Waals surface area contributed by atoms with Crippen LogP contribution in [0.15, 0.2) is 18.5 Å². The maximum atomic E-state index is 9.37. The fraction of sp³-hybridized carbons (Fsp3) is 0.474. The zero-order valence-electron chi connectivity index (χ0n) is 15.8. The average Bonchev–Trinajstić information content (AvgIpc) is 3.25. The number of nitriles is 1. The standard InChI is InChI=1S/C19H23N7O/c1-12(2)27-17-8-14(11-25-19(17)15(9-20)10-22-25)18-13(3)26(24-23-18)16-4-6-21-7-5-16/h8,10-12,16,21H,4-7H2,1-3H3. The Kier molecular flexibility index (Phi) is 4.54. The molecule has 0 bridgehead atoms. The number of fused-ring (bicyclic) bond motifs is 1. The molecule has 1 N–H and O–H groups in total. The predicted molar refractivity (Wildman–Crippen MR) is 101 cm³/mol. The number of ether oxygens (including phenoxy) is 1. The van der Waals surface area contributed by atoms with Crippen LogP contribution in [0.1, 0.15) is 44.0 Å². The van der Waals surface area contributed by atoms with Gasteiger partial charge in [0, 0.05) is 11.8 Å². The van der Waals surface area contributed by atoms with E-state index < -0.39 is 0 Å². The lowest BCUT2D eigenvalue weighted by atomic mass is 10.1. The predicted octanol–water partition coefficient (Wildman–Crippen LogP) is 2.48. The first-order valence-electron chi connectivity index (χ1n) is 9.29. The highest BCUT2D eigenvalue weighted by molar-refractivity contribution is 5.74. The van der Waals surface area contributed by atoms with Gasteiger partial charge in [-0.1, -0.05) is 5.21 Å². The number of piperidine rings is 1. The van der Waals surface area contributed by atoms with Crippen LogP contribution in [0.4, 0.5) is 0 Å². The van der Waals surface area contributed by atoms with Gasteiger partial charge in [0.2, 0.25) is 0 Å². The van der Waals surface area contributed by atoms with Crippen molar-refractivity contribution in [1.82, 2.24) is 29.9 Å². The first-order valence-corrected chi connectivity index (χ1v) is 9.29. The molecule has 1 aliphatic rings. The van der Waals surface area contributed by atoms with Crippen LogP contribution in [0.5, 0.6) is 5.75 Å². The van der Waals surface area contributed by atoms with Crippen molar-refractivity contribution in [2.45, 2.75) is 45.8 Å². The second-order valence-corrected chi connectivity index (χ2v) is 7.17. The van der Waals surface area contributed by atoms with Crippen molar-refractivity contribution < 1.29 is 4.74 Å². The minimum atomic E-state index is -0.0167. The molecule has 8 heteroatoms. The quantitative estimate of drug-likeness (QED) is 0.763. The molecule has 0 atom stereocenters. The fourth-order valence-electron chi connectivity index (χ4n) is 3.65. The monoisotopic (exact) mass is 365 g/mol. The third-order valence-corrected chi connectivity index (χ3v) is 4.92. The third-order valence-electron chi connectivity index (χ3n) is 4.92. The van der Waals surface area contributed by atoms with Crippen molar-refractivity contribution >= 4 is 5.52 Å². The maximum Gasteiger partial charge on any atom is 0.147 e. The van der Waals surface area contributed by atoms with Crippen LogP contribution in [0.25, 0.3) is 16.8 Å². The molecule has 0 unspecified atom stereocenters. The van der Waals surface area contributed by atoms with Crippen LogP contribution in [0.3, 0.4) is 0 Å². The molecular weight excluding hydrogens is 342 g/mol. The van der Waals surface area contributed by atoms with Crippen molar-refractivity contribution in [2.75, 3.05) is 13.1 Å². The molecule has 0 spiro atoms. The van der Waals surface area contributed by atoms with E-state index in [-0.39, 0.29) is 6.10 Å². The van der Waals surface area contributed by atoms with E-state index in [1.165, 1.54) is 0 Å². The van der Waals surface area contributed by atoms with E-state index in [0.717, 1.165) is 42.9 Å². The summed E-state index contributed by atoms with van der Waals surface area (Å²) in [7, 11) is 0. The second kappa shape index (κ2) is 7.00. The van der Waals surface area contributed by atoms with Gasteiger partial charge >= 0.3 is 0 Å². The van der Waals surface area contributed by atoms with E-state index in [4.69, 9.17) is 4.74 Å². The summed E-state index contributed by atoms with van der Waals surface area (Å²) in [6.07, 6.45) is 5.53. The van der Waals surface area contributed by atoms with Crippen LogP contribution in [0.2, 0.25) is 0 Å². The average molecular weight is 365 g/mol. The molecule has 1 saturated heterocycles. The molecule has 0 radical (unpaired) electrons. The highest BCUT2D eigenvalue weighted by atomic mass is 16.5. The summed E-state index contributed by atoms with van der Waals surface area (Å²) in [4.78, 5) is 0. The van der Waals surface area contributed by atoms with Gasteiger partial charge in [-0.05, 0) is 52.8 Å². The highest BCUT2D eigenvalue weighted by Crippen LogP contribution is 2.32. The number of nitrogens with zero attached hydrogens (tertiary/aromatic N) is 6. The van der Waals surface area contributed by atoms with Crippen LogP contribution >= 0.6 is 0 Å². The van der Waals surface area contributed by atoms with Gasteiger partial charge < -0.3 is 10.1 Å². The lowest BCUT2D eigenvalue weighted by Gasteiger charge is -2.23. The van der Waals surface area contributed by atoms with Gasteiger partial charge in [0.25, 0.3) is 0 Å². The number of pyridine rings is 1. The zero-order valence-corrected chi connectivity index (χ0v) is 15.8. The number of hydrogen-bond acceptors (Lipinski definition) is 6. The van der Waals surface area contributed by atoms with Gasteiger partial charge in [-0.2, -0.15) is 10.4 Å². The second-order valence-electron chi connectivity index (χ2n) is 7.17. The van der Waals surface area contributed by atoms with Crippen molar-refractivity contribution in [1.29, 1.82) is 5.26 Å². The van der Waals surface area contributed by atoms with E-state index in [2.05, 4.69) is 26.8 Å².